The summed E-state index contributed by atoms with van der Waals surface area (Å²) in [7, 11) is 0. The predicted molar refractivity (Wildman–Crippen MR) is 118 cm³/mol. The van der Waals surface area contributed by atoms with Crippen molar-refractivity contribution in [2.45, 2.75) is 39.0 Å². The van der Waals surface area contributed by atoms with Crippen LogP contribution in [0.4, 0.5) is 5.69 Å². The van der Waals surface area contributed by atoms with Gasteiger partial charge >= 0.3 is 0 Å². The maximum Gasteiger partial charge on any atom is 0.227 e. The molecular formula is C23H24ClN3O4. The van der Waals surface area contributed by atoms with Crippen LogP contribution in [-0.4, -0.2) is 29.3 Å². The monoisotopic (exact) mass is 441 g/mol. The zero-order valence-corrected chi connectivity index (χ0v) is 18.2. The summed E-state index contributed by atoms with van der Waals surface area (Å²) in [5.74, 6) is 2.32. The molecule has 0 spiro atoms. The fourth-order valence-electron chi connectivity index (χ4n) is 3.20. The molecule has 3 aromatic rings. The fraction of sp³-hybridized carbons (Fsp3) is 0.348. The summed E-state index contributed by atoms with van der Waals surface area (Å²) in [5, 5.41) is 7.23. The van der Waals surface area contributed by atoms with Crippen molar-refractivity contribution in [3.05, 3.63) is 52.9 Å². The van der Waals surface area contributed by atoms with Crippen LogP contribution in [0.3, 0.4) is 0 Å². The molecule has 7 nitrogen and oxygen atoms in total. The third-order valence-electron chi connectivity index (χ3n) is 4.98. The summed E-state index contributed by atoms with van der Waals surface area (Å²) in [4.78, 5) is 16.8. The molecule has 31 heavy (non-hydrogen) atoms. The lowest BCUT2D eigenvalue weighted by Crippen LogP contribution is -2.13. The Morgan fingerprint density at radius 1 is 1.13 bits per heavy atom. The number of carbonyl (C=O) groups excluding carboxylic acids is 1. The predicted octanol–water partition coefficient (Wildman–Crippen LogP) is 5.25. The molecule has 0 radical (unpaired) electrons. The number of aromatic nitrogens is 2. The summed E-state index contributed by atoms with van der Waals surface area (Å²) in [5.41, 5.74) is 2.60. The fourth-order valence-corrected chi connectivity index (χ4v) is 3.40. The van der Waals surface area contributed by atoms with Crippen molar-refractivity contribution in [1.29, 1.82) is 0 Å². The highest BCUT2D eigenvalue weighted by molar-refractivity contribution is 6.34. The van der Waals surface area contributed by atoms with E-state index in [0.717, 1.165) is 12.0 Å². The quantitative estimate of drug-likeness (QED) is 0.562. The van der Waals surface area contributed by atoms with E-state index in [-0.39, 0.29) is 12.3 Å². The number of halogens is 1. The molecular weight excluding hydrogens is 418 g/mol. The van der Waals surface area contributed by atoms with Gasteiger partial charge < -0.3 is 19.3 Å². The van der Waals surface area contributed by atoms with Crippen molar-refractivity contribution >= 4 is 23.2 Å². The molecule has 0 saturated heterocycles. The van der Waals surface area contributed by atoms with Gasteiger partial charge in [0.05, 0.1) is 23.9 Å². The topological polar surface area (TPSA) is 86.5 Å². The third-order valence-corrected chi connectivity index (χ3v) is 5.29. The van der Waals surface area contributed by atoms with Crippen molar-refractivity contribution in [2.75, 3.05) is 18.5 Å². The Balaban J connectivity index is 1.36. The number of nitrogens with zero attached hydrogens (tertiary/aromatic N) is 2. The first kappa shape index (κ1) is 21.2. The van der Waals surface area contributed by atoms with Crippen LogP contribution in [0.2, 0.25) is 5.02 Å². The minimum atomic E-state index is -0.211. The average molecular weight is 442 g/mol. The molecule has 1 N–H and O–H groups in total. The third kappa shape index (κ3) is 5.17. The number of carbonyl (C=O) groups is 1. The number of nitrogens with one attached hydrogen (secondary N) is 1. The molecule has 162 valence electrons. The molecule has 1 aliphatic rings. The van der Waals surface area contributed by atoms with Crippen molar-refractivity contribution in [3.8, 4) is 22.9 Å². The molecule has 1 amide bonds. The lowest BCUT2D eigenvalue weighted by molar-refractivity contribution is -0.116. The maximum atomic E-state index is 12.4. The van der Waals surface area contributed by atoms with Gasteiger partial charge in [-0.25, -0.2) is 0 Å². The van der Waals surface area contributed by atoms with Gasteiger partial charge in [0.1, 0.15) is 0 Å². The number of fused-ring (bicyclic) bond motifs is 1. The number of amides is 1. The summed E-state index contributed by atoms with van der Waals surface area (Å²) in [6.07, 6.45) is 1.30. The van der Waals surface area contributed by atoms with Crippen LogP contribution in [0, 0.1) is 0 Å². The highest BCUT2D eigenvalue weighted by Crippen LogP contribution is 2.37. The normalized spacial score (nSPS) is 13.2. The van der Waals surface area contributed by atoms with Crippen LogP contribution >= 0.6 is 11.6 Å². The van der Waals surface area contributed by atoms with E-state index in [1.165, 1.54) is 5.56 Å². The second-order valence-corrected chi connectivity index (χ2v) is 8.07. The van der Waals surface area contributed by atoms with E-state index in [1.807, 2.05) is 12.1 Å². The Labute approximate surface area is 185 Å². The highest BCUT2D eigenvalue weighted by Gasteiger charge is 2.16. The Kier molecular flexibility index (Phi) is 6.42. The van der Waals surface area contributed by atoms with E-state index >= 15 is 0 Å². The van der Waals surface area contributed by atoms with Crippen LogP contribution in [0.15, 0.2) is 40.9 Å². The second kappa shape index (κ2) is 9.39. The molecule has 2 heterocycles. The number of hydrogen-bond donors (Lipinski definition) is 1. The minimum Gasteiger partial charge on any atom is -0.490 e. The van der Waals surface area contributed by atoms with Crippen molar-refractivity contribution in [3.63, 3.8) is 0 Å². The maximum absolute atomic E-state index is 12.4. The Morgan fingerprint density at radius 2 is 1.84 bits per heavy atom. The van der Waals surface area contributed by atoms with E-state index in [0.29, 0.717) is 59.5 Å². The SMILES string of the molecule is CC(C)c1ccc(-c2noc(CCC(=O)Nc3cc4c(cc3Cl)OCCCO4)n2)cc1. The first-order chi connectivity index (χ1) is 15.0. The molecule has 8 heteroatoms. The zero-order valence-electron chi connectivity index (χ0n) is 17.5. The van der Waals surface area contributed by atoms with Crippen LogP contribution in [0.5, 0.6) is 11.5 Å². The van der Waals surface area contributed by atoms with Gasteiger partial charge in [0.2, 0.25) is 17.6 Å². The Bertz CT molecular complexity index is 1060. The van der Waals surface area contributed by atoms with Crippen molar-refractivity contribution in [1.82, 2.24) is 10.1 Å². The minimum absolute atomic E-state index is 0.179. The molecule has 0 fully saturated rings. The number of benzene rings is 2. The molecule has 0 aliphatic carbocycles. The van der Waals surface area contributed by atoms with Crippen LogP contribution < -0.4 is 14.8 Å². The highest BCUT2D eigenvalue weighted by atomic mass is 35.5. The van der Waals surface area contributed by atoms with E-state index in [4.69, 9.17) is 25.6 Å². The molecule has 0 unspecified atom stereocenters. The van der Waals surface area contributed by atoms with Gasteiger partial charge in [0, 0.05) is 37.0 Å². The zero-order chi connectivity index (χ0) is 21.8. The molecule has 4 rings (SSSR count). The second-order valence-electron chi connectivity index (χ2n) is 7.67. The first-order valence-electron chi connectivity index (χ1n) is 10.3. The lowest BCUT2D eigenvalue weighted by Gasteiger charge is -2.12. The molecule has 0 bridgehead atoms. The Hall–Kier alpha value is -3.06. The largest absolute Gasteiger partial charge is 0.490 e. The first-order valence-corrected chi connectivity index (χ1v) is 10.7. The van der Waals surface area contributed by atoms with Crippen molar-refractivity contribution in [2.24, 2.45) is 0 Å². The summed E-state index contributed by atoms with van der Waals surface area (Å²) < 4.78 is 16.6. The van der Waals surface area contributed by atoms with Gasteiger partial charge in [-0.15, -0.1) is 0 Å². The summed E-state index contributed by atoms with van der Waals surface area (Å²) >= 11 is 6.29. The van der Waals surface area contributed by atoms with Gasteiger partial charge in [-0.05, 0) is 11.5 Å². The number of hydrogen-bond acceptors (Lipinski definition) is 6. The molecule has 1 aromatic heterocycles. The van der Waals surface area contributed by atoms with Gasteiger partial charge in [-0.1, -0.05) is 54.9 Å². The van der Waals surface area contributed by atoms with E-state index in [9.17, 15) is 4.79 Å². The van der Waals surface area contributed by atoms with E-state index < -0.39 is 0 Å². The number of ether oxygens (including phenoxy) is 2. The summed E-state index contributed by atoms with van der Waals surface area (Å²) in [6.45, 7) is 5.42. The Morgan fingerprint density at radius 3 is 2.55 bits per heavy atom. The van der Waals surface area contributed by atoms with Crippen LogP contribution in [0.1, 0.15) is 44.1 Å². The number of anilines is 1. The van der Waals surface area contributed by atoms with Crippen LogP contribution in [-0.2, 0) is 11.2 Å². The van der Waals surface area contributed by atoms with Gasteiger partial charge in [-0.3, -0.25) is 4.79 Å². The number of rotatable bonds is 6. The van der Waals surface area contributed by atoms with Gasteiger partial charge in [0.25, 0.3) is 0 Å². The molecule has 0 saturated carbocycles. The standard InChI is InChI=1S/C23H24ClN3O4/c1-14(2)15-4-6-16(7-5-15)23-26-22(31-27-23)9-8-21(28)25-18-13-20-19(12-17(18)24)29-10-3-11-30-20/h4-7,12-14H,3,8-11H2,1-2H3,(H,25,28). The average Bonchev–Trinajstić information content (AvgIpc) is 3.12. The van der Waals surface area contributed by atoms with Gasteiger partial charge in [0.15, 0.2) is 11.5 Å². The molecule has 1 aliphatic heterocycles. The van der Waals surface area contributed by atoms with E-state index in [1.54, 1.807) is 12.1 Å². The molecule has 0 atom stereocenters. The van der Waals surface area contributed by atoms with Crippen LogP contribution in [0.25, 0.3) is 11.4 Å². The lowest BCUT2D eigenvalue weighted by atomic mass is 10.0. The summed E-state index contributed by atoms with van der Waals surface area (Å²) in [6, 6.07) is 11.4. The van der Waals surface area contributed by atoms with Crippen molar-refractivity contribution < 1.29 is 18.8 Å². The number of aryl methyl sites for hydroxylation is 1. The smallest absolute Gasteiger partial charge is 0.227 e. The molecule has 2 aromatic carbocycles. The van der Waals surface area contributed by atoms with Gasteiger partial charge in [-0.2, -0.15) is 4.98 Å². The van der Waals surface area contributed by atoms with E-state index in [2.05, 4.69) is 41.4 Å².